The Bertz CT molecular complexity index is 1070. The number of benzene rings is 2. The second kappa shape index (κ2) is 7.16. The monoisotopic (exact) mass is 354 g/mol. The van der Waals surface area contributed by atoms with Crippen molar-refractivity contribution < 1.29 is 0 Å². The van der Waals surface area contributed by atoms with Gasteiger partial charge in [-0.3, -0.25) is 0 Å². The summed E-state index contributed by atoms with van der Waals surface area (Å²) < 4.78 is 0. The van der Waals surface area contributed by atoms with Crippen LogP contribution >= 0.6 is 0 Å². The summed E-state index contributed by atoms with van der Waals surface area (Å²) in [4.78, 5) is 13.7. The van der Waals surface area contributed by atoms with Gasteiger partial charge in [0.05, 0.1) is 16.9 Å². The van der Waals surface area contributed by atoms with E-state index in [0.29, 0.717) is 12.3 Å². The van der Waals surface area contributed by atoms with Gasteiger partial charge in [0.15, 0.2) is 0 Å². The van der Waals surface area contributed by atoms with Gasteiger partial charge in [0, 0.05) is 12.0 Å². The molecule has 0 bridgehead atoms. The van der Waals surface area contributed by atoms with Crippen molar-refractivity contribution in [3.8, 4) is 11.3 Å². The number of nitrogen functional groups attached to an aromatic ring is 1. The molecule has 2 aromatic heterocycles. The first-order valence-electron chi connectivity index (χ1n) is 9.17. The molecule has 27 heavy (non-hydrogen) atoms. The summed E-state index contributed by atoms with van der Waals surface area (Å²) in [6.45, 7) is 4.39. The largest absolute Gasteiger partial charge is 0.368 e. The Labute approximate surface area is 159 Å². The van der Waals surface area contributed by atoms with Crippen molar-refractivity contribution in [3.63, 3.8) is 0 Å². The second-order valence-corrected chi connectivity index (χ2v) is 7.03. The van der Waals surface area contributed by atoms with Crippen molar-refractivity contribution in [2.45, 2.75) is 26.2 Å². The minimum absolute atomic E-state index is 0.282. The number of fused-ring (bicyclic) bond motifs is 1. The van der Waals surface area contributed by atoms with Gasteiger partial charge in [0.1, 0.15) is 5.52 Å². The first-order chi connectivity index (χ1) is 13.1. The molecule has 0 aliphatic carbocycles. The van der Waals surface area contributed by atoms with Crippen LogP contribution in [0.3, 0.4) is 0 Å². The predicted molar refractivity (Wildman–Crippen MR) is 111 cm³/mol. The van der Waals surface area contributed by atoms with Gasteiger partial charge in [-0.05, 0) is 29.2 Å². The topological polar surface area (TPSA) is 64.7 Å². The Morgan fingerprint density at radius 1 is 0.815 bits per heavy atom. The number of anilines is 1. The summed E-state index contributed by atoms with van der Waals surface area (Å²) in [5.41, 5.74) is 12.8. The molecule has 0 aliphatic heterocycles. The molecule has 4 nitrogen and oxygen atoms in total. The quantitative estimate of drug-likeness (QED) is 0.561. The number of hydrogen-bond acceptors (Lipinski definition) is 4. The van der Waals surface area contributed by atoms with Gasteiger partial charge in [0.25, 0.3) is 0 Å². The zero-order valence-electron chi connectivity index (χ0n) is 15.6. The third kappa shape index (κ3) is 3.65. The lowest BCUT2D eigenvalue weighted by atomic mass is 10.0. The maximum absolute atomic E-state index is 5.92. The van der Waals surface area contributed by atoms with Crippen LogP contribution in [0, 0.1) is 0 Å². The van der Waals surface area contributed by atoms with Gasteiger partial charge < -0.3 is 5.73 Å². The second-order valence-electron chi connectivity index (χ2n) is 7.03. The van der Waals surface area contributed by atoms with E-state index in [-0.39, 0.29) is 5.95 Å². The SMILES string of the molecule is CC(C)c1ccc(-c2ccc3nc(N)nc(Cc4ccccc4)c3n2)cc1. The molecule has 0 saturated heterocycles. The molecule has 0 radical (unpaired) electrons. The van der Waals surface area contributed by atoms with Crippen LogP contribution in [0.5, 0.6) is 0 Å². The molecule has 2 heterocycles. The van der Waals surface area contributed by atoms with Gasteiger partial charge in [-0.1, -0.05) is 68.4 Å². The summed E-state index contributed by atoms with van der Waals surface area (Å²) in [5.74, 6) is 0.793. The molecular weight excluding hydrogens is 332 g/mol. The fraction of sp³-hybridized carbons (Fsp3) is 0.174. The molecule has 0 aliphatic rings. The van der Waals surface area contributed by atoms with E-state index < -0.39 is 0 Å². The molecule has 0 spiro atoms. The van der Waals surface area contributed by atoms with Crippen molar-refractivity contribution in [3.05, 3.63) is 83.6 Å². The molecule has 4 aromatic rings. The highest BCUT2D eigenvalue weighted by Gasteiger charge is 2.11. The third-order valence-corrected chi connectivity index (χ3v) is 4.72. The fourth-order valence-electron chi connectivity index (χ4n) is 3.21. The molecule has 0 atom stereocenters. The van der Waals surface area contributed by atoms with Crippen molar-refractivity contribution in [1.82, 2.24) is 15.0 Å². The van der Waals surface area contributed by atoms with Crippen LogP contribution in [0.4, 0.5) is 5.95 Å². The van der Waals surface area contributed by atoms with Crippen molar-refractivity contribution in [2.24, 2.45) is 0 Å². The smallest absolute Gasteiger partial charge is 0.220 e. The van der Waals surface area contributed by atoms with Gasteiger partial charge in [0.2, 0.25) is 5.95 Å². The van der Waals surface area contributed by atoms with E-state index in [2.05, 4.69) is 60.2 Å². The highest BCUT2D eigenvalue weighted by Crippen LogP contribution is 2.25. The van der Waals surface area contributed by atoms with E-state index in [0.717, 1.165) is 28.0 Å². The van der Waals surface area contributed by atoms with E-state index in [4.69, 9.17) is 10.7 Å². The molecule has 0 unspecified atom stereocenters. The summed E-state index contributed by atoms with van der Waals surface area (Å²) in [5, 5.41) is 0. The number of hydrogen-bond donors (Lipinski definition) is 1. The average molecular weight is 354 g/mol. The maximum Gasteiger partial charge on any atom is 0.220 e. The number of nitrogens with two attached hydrogens (primary N) is 1. The molecule has 0 amide bonds. The molecule has 4 heteroatoms. The van der Waals surface area contributed by atoms with Crippen LogP contribution in [0.1, 0.15) is 36.6 Å². The predicted octanol–water partition coefficient (Wildman–Crippen LogP) is 4.99. The van der Waals surface area contributed by atoms with Gasteiger partial charge in [-0.15, -0.1) is 0 Å². The maximum atomic E-state index is 5.92. The first kappa shape index (κ1) is 17.2. The molecule has 0 fully saturated rings. The van der Waals surface area contributed by atoms with Crippen molar-refractivity contribution >= 4 is 17.0 Å². The molecule has 2 aromatic carbocycles. The lowest BCUT2D eigenvalue weighted by molar-refractivity contribution is 0.867. The lowest BCUT2D eigenvalue weighted by Crippen LogP contribution is -2.03. The zero-order valence-corrected chi connectivity index (χ0v) is 15.6. The molecule has 4 rings (SSSR count). The zero-order chi connectivity index (χ0) is 18.8. The summed E-state index contributed by atoms with van der Waals surface area (Å²) in [6.07, 6.45) is 0.673. The Kier molecular flexibility index (Phi) is 4.55. The highest BCUT2D eigenvalue weighted by molar-refractivity contribution is 5.81. The van der Waals surface area contributed by atoms with Crippen LogP contribution < -0.4 is 5.73 Å². The van der Waals surface area contributed by atoms with Crippen LogP contribution in [0.15, 0.2) is 66.7 Å². The normalized spacial score (nSPS) is 11.2. The van der Waals surface area contributed by atoms with E-state index in [1.165, 1.54) is 11.1 Å². The van der Waals surface area contributed by atoms with E-state index in [1.54, 1.807) is 0 Å². The molecule has 2 N–H and O–H groups in total. The summed E-state index contributed by atoms with van der Waals surface area (Å²) in [7, 11) is 0. The van der Waals surface area contributed by atoms with Crippen LogP contribution in [-0.4, -0.2) is 15.0 Å². The first-order valence-corrected chi connectivity index (χ1v) is 9.17. The Balaban J connectivity index is 1.78. The number of aromatic nitrogens is 3. The van der Waals surface area contributed by atoms with Crippen LogP contribution in [0.2, 0.25) is 0 Å². The highest BCUT2D eigenvalue weighted by atomic mass is 15.0. The minimum atomic E-state index is 0.282. The van der Waals surface area contributed by atoms with Crippen LogP contribution in [0.25, 0.3) is 22.3 Å². The van der Waals surface area contributed by atoms with Crippen molar-refractivity contribution in [1.29, 1.82) is 0 Å². The number of pyridine rings is 1. The van der Waals surface area contributed by atoms with Gasteiger partial charge in [-0.25, -0.2) is 15.0 Å². The lowest BCUT2D eigenvalue weighted by Gasteiger charge is -2.10. The Morgan fingerprint density at radius 2 is 1.56 bits per heavy atom. The summed E-state index contributed by atoms with van der Waals surface area (Å²) >= 11 is 0. The van der Waals surface area contributed by atoms with Crippen LogP contribution in [-0.2, 0) is 6.42 Å². The van der Waals surface area contributed by atoms with Crippen molar-refractivity contribution in [2.75, 3.05) is 5.73 Å². The summed E-state index contributed by atoms with van der Waals surface area (Å²) in [6, 6.07) is 22.8. The number of rotatable bonds is 4. The minimum Gasteiger partial charge on any atom is -0.368 e. The molecule has 0 saturated carbocycles. The van der Waals surface area contributed by atoms with E-state index in [1.807, 2.05) is 30.3 Å². The Hall–Kier alpha value is -3.27. The standard InChI is InChI=1S/C23H22N4/c1-15(2)17-8-10-18(11-9-17)19-12-13-20-22(25-19)21(27-23(24)26-20)14-16-6-4-3-5-7-16/h3-13,15H,14H2,1-2H3,(H2,24,26,27). The molecule has 134 valence electrons. The Morgan fingerprint density at radius 3 is 2.26 bits per heavy atom. The number of nitrogens with zero attached hydrogens (tertiary/aromatic N) is 3. The third-order valence-electron chi connectivity index (χ3n) is 4.72. The fourth-order valence-corrected chi connectivity index (χ4v) is 3.21. The van der Waals surface area contributed by atoms with Gasteiger partial charge in [-0.2, -0.15) is 0 Å². The van der Waals surface area contributed by atoms with E-state index >= 15 is 0 Å². The van der Waals surface area contributed by atoms with Gasteiger partial charge >= 0.3 is 0 Å². The average Bonchev–Trinajstić information content (AvgIpc) is 2.68. The molecular formula is C23H22N4. The van der Waals surface area contributed by atoms with E-state index in [9.17, 15) is 0 Å².